The third kappa shape index (κ3) is 2.70. The molecule has 0 fully saturated rings. The number of pyridine rings is 1. The summed E-state index contributed by atoms with van der Waals surface area (Å²) in [7, 11) is 0. The Morgan fingerprint density at radius 3 is 2.24 bits per heavy atom. The number of benzene rings is 1. The van der Waals surface area contributed by atoms with Crippen LogP contribution < -0.4 is 0 Å². The van der Waals surface area contributed by atoms with Gasteiger partial charge in [-0.2, -0.15) is 0 Å². The summed E-state index contributed by atoms with van der Waals surface area (Å²) in [6.07, 6.45) is 1.80. The monoisotopic (exact) mass is 229 g/mol. The molecule has 1 nitrogen and oxygen atoms in total. The average Bonchev–Trinajstić information content (AvgIpc) is 2.29. The summed E-state index contributed by atoms with van der Waals surface area (Å²) >= 11 is 0. The van der Waals surface area contributed by atoms with Crippen LogP contribution in [0.2, 0.25) is 0 Å². The molecule has 0 saturated carbocycles. The Balaban J connectivity index is 2.43. The van der Waals surface area contributed by atoms with E-state index in [1.807, 2.05) is 6.07 Å². The highest BCUT2D eigenvalue weighted by atomic mass is 19.1. The normalized spacial score (nSPS) is 11.5. The van der Waals surface area contributed by atoms with Crippen molar-refractivity contribution in [2.45, 2.75) is 26.2 Å². The van der Waals surface area contributed by atoms with Gasteiger partial charge in [-0.25, -0.2) is 4.39 Å². The highest BCUT2D eigenvalue weighted by molar-refractivity contribution is 5.59. The highest BCUT2D eigenvalue weighted by Gasteiger charge is 2.14. The van der Waals surface area contributed by atoms with Gasteiger partial charge in [0.15, 0.2) is 0 Å². The van der Waals surface area contributed by atoms with E-state index in [-0.39, 0.29) is 11.2 Å². The summed E-state index contributed by atoms with van der Waals surface area (Å²) < 4.78 is 12.9. The summed E-state index contributed by atoms with van der Waals surface area (Å²) in [5, 5.41) is 0. The van der Waals surface area contributed by atoms with E-state index in [4.69, 9.17) is 0 Å². The molecule has 1 aromatic carbocycles. The fourth-order valence-electron chi connectivity index (χ4n) is 1.68. The van der Waals surface area contributed by atoms with Crippen molar-refractivity contribution in [3.8, 4) is 11.3 Å². The fourth-order valence-corrected chi connectivity index (χ4v) is 1.68. The van der Waals surface area contributed by atoms with Crippen LogP contribution in [0.3, 0.4) is 0 Å². The van der Waals surface area contributed by atoms with E-state index in [1.165, 1.54) is 17.7 Å². The van der Waals surface area contributed by atoms with Gasteiger partial charge in [0, 0.05) is 11.8 Å². The second-order valence-corrected chi connectivity index (χ2v) is 5.19. The molecule has 0 aliphatic heterocycles. The minimum atomic E-state index is -0.222. The van der Waals surface area contributed by atoms with Crippen LogP contribution in [0.4, 0.5) is 4.39 Å². The molecule has 1 aromatic heterocycles. The Labute approximate surface area is 101 Å². The predicted octanol–water partition coefficient (Wildman–Crippen LogP) is 4.19. The van der Waals surface area contributed by atoms with Gasteiger partial charge in [0.2, 0.25) is 0 Å². The lowest BCUT2D eigenvalue weighted by atomic mass is 9.87. The average molecular weight is 229 g/mol. The maximum Gasteiger partial charge on any atom is 0.123 e. The zero-order valence-corrected chi connectivity index (χ0v) is 10.4. The van der Waals surface area contributed by atoms with Gasteiger partial charge in [-0.15, -0.1) is 0 Å². The molecule has 17 heavy (non-hydrogen) atoms. The van der Waals surface area contributed by atoms with Gasteiger partial charge in [-0.05, 0) is 47.4 Å². The first kappa shape index (κ1) is 11.8. The van der Waals surface area contributed by atoms with Crippen molar-refractivity contribution in [1.29, 1.82) is 0 Å². The van der Waals surface area contributed by atoms with E-state index < -0.39 is 0 Å². The Kier molecular flexibility index (Phi) is 2.97. The summed E-state index contributed by atoms with van der Waals surface area (Å²) in [4.78, 5) is 4.33. The van der Waals surface area contributed by atoms with Crippen LogP contribution in [0, 0.1) is 5.82 Å². The summed E-state index contributed by atoms with van der Waals surface area (Å²) in [5.74, 6) is -0.222. The minimum Gasteiger partial charge on any atom is -0.256 e. The van der Waals surface area contributed by atoms with Gasteiger partial charge in [-0.3, -0.25) is 4.98 Å². The smallest absolute Gasteiger partial charge is 0.123 e. The van der Waals surface area contributed by atoms with Crippen molar-refractivity contribution in [1.82, 2.24) is 4.98 Å². The van der Waals surface area contributed by atoms with Gasteiger partial charge >= 0.3 is 0 Å². The molecule has 0 aliphatic rings. The van der Waals surface area contributed by atoms with Crippen molar-refractivity contribution in [2.75, 3.05) is 0 Å². The third-order valence-corrected chi connectivity index (χ3v) is 2.77. The number of hydrogen-bond donors (Lipinski definition) is 0. The van der Waals surface area contributed by atoms with Crippen LogP contribution in [0.1, 0.15) is 26.3 Å². The third-order valence-electron chi connectivity index (χ3n) is 2.77. The van der Waals surface area contributed by atoms with Crippen molar-refractivity contribution in [2.24, 2.45) is 0 Å². The van der Waals surface area contributed by atoms with E-state index >= 15 is 0 Å². The molecule has 0 unspecified atom stereocenters. The van der Waals surface area contributed by atoms with Crippen LogP contribution in [-0.2, 0) is 5.41 Å². The molecule has 88 valence electrons. The lowest BCUT2D eigenvalue weighted by molar-refractivity contribution is 0.589. The van der Waals surface area contributed by atoms with Crippen LogP contribution >= 0.6 is 0 Å². The van der Waals surface area contributed by atoms with Crippen molar-refractivity contribution in [3.05, 3.63) is 54.0 Å². The predicted molar refractivity (Wildman–Crippen MR) is 68.3 cm³/mol. The molecule has 0 bridgehead atoms. The molecule has 0 radical (unpaired) electrons. The highest BCUT2D eigenvalue weighted by Crippen LogP contribution is 2.25. The molecular weight excluding hydrogens is 213 g/mol. The van der Waals surface area contributed by atoms with Crippen LogP contribution in [-0.4, -0.2) is 4.98 Å². The molecule has 2 heteroatoms. The van der Waals surface area contributed by atoms with E-state index in [0.29, 0.717) is 0 Å². The van der Waals surface area contributed by atoms with Gasteiger partial charge in [0.05, 0.1) is 5.69 Å². The SMILES string of the molecule is CC(C)(C)c1ccnc(-c2ccc(F)cc2)c1. The van der Waals surface area contributed by atoms with Gasteiger partial charge in [0.1, 0.15) is 5.82 Å². The van der Waals surface area contributed by atoms with E-state index in [1.54, 1.807) is 18.3 Å². The zero-order chi connectivity index (χ0) is 12.5. The number of halogens is 1. The number of hydrogen-bond acceptors (Lipinski definition) is 1. The minimum absolute atomic E-state index is 0.0950. The summed E-state index contributed by atoms with van der Waals surface area (Å²) in [5.41, 5.74) is 3.15. The number of rotatable bonds is 1. The second-order valence-electron chi connectivity index (χ2n) is 5.19. The standard InChI is InChI=1S/C15H16FN/c1-15(2,3)12-8-9-17-14(10-12)11-4-6-13(16)7-5-11/h4-10H,1-3H3. The second kappa shape index (κ2) is 4.28. The molecule has 1 heterocycles. The summed E-state index contributed by atoms with van der Waals surface area (Å²) in [6.45, 7) is 6.49. The Morgan fingerprint density at radius 1 is 1.00 bits per heavy atom. The van der Waals surface area contributed by atoms with Crippen molar-refractivity contribution >= 4 is 0 Å². The van der Waals surface area contributed by atoms with Crippen LogP contribution in [0.25, 0.3) is 11.3 Å². The molecule has 0 aliphatic carbocycles. The largest absolute Gasteiger partial charge is 0.256 e. The van der Waals surface area contributed by atoms with Gasteiger partial charge in [0.25, 0.3) is 0 Å². The van der Waals surface area contributed by atoms with Crippen molar-refractivity contribution < 1.29 is 4.39 Å². The molecule has 2 rings (SSSR count). The molecule has 0 amide bonds. The lowest BCUT2D eigenvalue weighted by Gasteiger charge is -2.19. The van der Waals surface area contributed by atoms with Crippen LogP contribution in [0.5, 0.6) is 0 Å². The lowest BCUT2D eigenvalue weighted by Crippen LogP contribution is -2.11. The molecule has 2 aromatic rings. The maximum absolute atomic E-state index is 12.9. The Morgan fingerprint density at radius 2 is 1.65 bits per heavy atom. The molecule has 0 atom stereocenters. The zero-order valence-electron chi connectivity index (χ0n) is 10.4. The summed E-state index contributed by atoms with van der Waals surface area (Å²) in [6, 6.07) is 10.5. The van der Waals surface area contributed by atoms with Crippen molar-refractivity contribution in [3.63, 3.8) is 0 Å². The Hall–Kier alpha value is -1.70. The maximum atomic E-state index is 12.9. The van der Waals surface area contributed by atoms with E-state index in [2.05, 4.69) is 31.8 Å². The van der Waals surface area contributed by atoms with E-state index in [9.17, 15) is 4.39 Å². The quantitative estimate of drug-likeness (QED) is 0.714. The Bertz CT molecular complexity index is 509. The van der Waals surface area contributed by atoms with Crippen LogP contribution in [0.15, 0.2) is 42.6 Å². The number of nitrogens with zero attached hydrogens (tertiary/aromatic N) is 1. The topological polar surface area (TPSA) is 12.9 Å². The molecule has 0 spiro atoms. The fraction of sp³-hybridized carbons (Fsp3) is 0.267. The van der Waals surface area contributed by atoms with Gasteiger partial charge in [-0.1, -0.05) is 20.8 Å². The first-order valence-electron chi connectivity index (χ1n) is 5.69. The molecule has 0 saturated heterocycles. The number of aromatic nitrogens is 1. The first-order valence-corrected chi connectivity index (χ1v) is 5.69. The van der Waals surface area contributed by atoms with E-state index in [0.717, 1.165) is 11.3 Å². The molecule has 0 N–H and O–H groups in total. The van der Waals surface area contributed by atoms with Gasteiger partial charge < -0.3 is 0 Å². The molecular formula is C15H16FN. The first-order chi connectivity index (χ1) is 7.97.